The first-order valence-corrected chi connectivity index (χ1v) is 9.13. The van der Waals surface area contributed by atoms with Gasteiger partial charge in [0, 0.05) is 19.0 Å². The molecule has 0 bridgehead atoms. The van der Waals surface area contributed by atoms with E-state index >= 15 is 0 Å². The van der Waals surface area contributed by atoms with Gasteiger partial charge in [0.25, 0.3) is 0 Å². The first-order chi connectivity index (χ1) is 10.1. The van der Waals surface area contributed by atoms with Gasteiger partial charge in [-0.2, -0.15) is 0 Å². The van der Waals surface area contributed by atoms with Crippen LogP contribution >= 0.6 is 0 Å². The third kappa shape index (κ3) is 4.45. The molecule has 3 heteroatoms. The van der Waals surface area contributed by atoms with E-state index in [0.717, 1.165) is 26.1 Å². The van der Waals surface area contributed by atoms with Crippen molar-refractivity contribution in [2.24, 2.45) is 17.8 Å². The molecule has 2 rings (SSSR count). The lowest BCUT2D eigenvalue weighted by molar-refractivity contribution is -0.137. The molecule has 2 fully saturated rings. The van der Waals surface area contributed by atoms with Gasteiger partial charge in [-0.05, 0) is 62.9 Å². The van der Waals surface area contributed by atoms with Crippen molar-refractivity contribution in [3.63, 3.8) is 0 Å². The van der Waals surface area contributed by atoms with Crippen LogP contribution in [0.5, 0.6) is 0 Å². The zero-order chi connectivity index (χ0) is 15.2. The molecule has 0 saturated carbocycles. The van der Waals surface area contributed by atoms with Gasteiger partial charge in [0.2, 0.25) is 5.91 Å². The van der Waals surface area contributed by atoms with Gasteiger partial charge in [-0.3, -0.25) is 4.79 Å². The van der Waals surface area contributed by atoms with Crippen LogP contribution in [0.2, 0.25) is 0 Å². The summed E-state index contributed by atoms with van der Waals surface area (Å²) in [4.78, 5) is 15.0. The summed E-state index contributed by atoms with van der Waals surface area (Å²) in [6.07, 6.45) is 8.13. The van der Waals surface area contributed by atoms with Crippen LogP contribution in [-0.4, -0.2) is 36.5 Å². The quantitative estimate of drug-likeness (QED) is 0.842. The van der Waals surface area contributed by atoms with Crippen LogP contribution in [0, 0.1) is 17.8 Å². The molecule has 4 unspecified atom stereocenters. The van der Waals surface area contributed by atoms with Crippen LogP contribution in [0.1, 0.15) is 65.7 Å². The number of hydrogen-bond acceptors (Lipinski definition) is 2. The minimum Gasteiger partial charge on any atom is -0.339 e. The second-order valence-corrected chi connectivity index (χ2v) is 7.35. The zero-order valence-corrected chi connectivity index (χ0v) is 14.2. The zero-order valence-electron chi connectivity index (χ0n) is 14.2. The highest BCUT2D eigenvalue weighted by atomic mass is 16.2. The number of carbonyl (C=O) groups is 1. The summed E-state index contributed by atoms with van der Waals surface area (Å²) in [6, 6.07) is 0.493. The van der Waals surface area contributed by atoms with E-state index in [1.165, 1.54) is 38.5 Å². The molecule has 122 valence electrons. The summed E-state index contributed by atoms with van der Waals surface area (Å²) in [5.41, 5.74) is 0. The maximum Gasteiger partial charge on any atom is 0.223 e. The van der Waals surface area contributed by atoms with Crippen molar-refractivity contribution < 1.29 is 4.79 Å². The third-order valence-electron chi connectivity index (χ3n) is 5.66. The molecule has 0 aliphatic carbocycles. The summed E-state index contributed by atoms with van der Waals surface area (Å²) in [5, 5.41) is 3.48. The Morgan fingerprint density at radius 2 is 2.14 bits per heavy atom. The first kappa shape index (κ1) is 16.8. The van der Waals surface area contributed by atoms with Gasteiger partial charge in [0.05, 0.1) is 0 Å². The fraction of sp³-hybridized carbons (Fsp3) is 0.944. The highest BCUT2D eigenvalue weighted by Gasteiger charge is 2.32. The molecule has 1 amide bonds. The molecule has 0 aromatic carbocycles. The maximum atomic E-state index is 12.8. The van der Waals surface area contributed by atoms with E-state index in [9.17, 15) is 4.79 Å². The minimum absolute atomic E-state index is 0.415. The molecule has 0 aromatic heterocycles. The van der Waals surface area contributed by atoms with Gasteiger partial charge in [-0.1, -0.05) is 27.2 Å². The Bertz CT molecular complexity index is 325. The van der Waals surface area contributed by atoms with Gasteiger partial charge >= 0.3 is 0 Å². The predicted octanol–water partition coefficient (Wildman–Crippen LogP) is 3.44. The van der Waals surface area contributed by atoms with Crippen molar-refractivity contribution in [1.29, 1.82) is 0 Å². The van der Waals surface area contributed by atoms with Crippen LogP contribution in [0.3, 0.4) is 0 Å². The lowest BCUT2D eigenvalue weighted by Crippen LogP contribution is -2.48. The molecular formula is C18H34N2O. The van der Waals surface area contributed by atoms with Crippen LogP contribution in [0.4, 0.5) is 0 Å². The summed E-state index contributed by atoms with van der Waals surface area (Å²) in [7, 11) is 0. The Labute approximate surface area is 130 Å². The lowest BCUT2D eigenvalue weighted by Gasteiger charge is -2.41. The van der Waals surface area contributed by atoms with Crippen LogP contribution < -0.4 is 5.32 Å². The number of carbonyl (C=O) groups excluding carboxylic acids is 1. The average Bonchev–Trinajstić information content (AvgIpc) is 2.50. The Balaban J connectivity index is 1.90. The van der Waals surface area contributed by atoms with E-state index < -0.39 is 0 Å². The molecule has 0 radical (unpaired) electrons. The van der Waals surface area contributed by atoms with Crippen molar-refractivity contribution in [3.05, 3.63) is 0 Å². The second-order valence-electron chi connectivity index (χ2n) is 7.35. The topological polar surface area (TPSA) is 32.3 Å². The number of amides is 1. The van der Waals surface area contributed by atoms with Gasteiger partial charge in [0.15, 0.2) is 0 Å². The number of rotatable bonds is 5. The van der Waals surface area contributed by atoms with Crippen molar-refractivity contribution in [2.75, 3.05) is 19.6 Å². The smallest absolute Gasteiger partial charge is 0.223 e. The van der Waals surface area contributed by atoms with Crippen molar-refractivity contribution in [2.45, 2.75) is 71.8 Å². The fourth-order valence-electron chi connectivity index (χ4n) is 4.22. The molecule has 2 aliphatic heterocycles. The molecule has 0 spiro atoms. The third-order valence-corrected chi connectivity index (χ3v) is 5.66. The highest BCUT2D eigenvalue weighted by molar-refractivity contribution is 5.77. The SMILES string of the molecule is CCCC1C(C)CCCN1C(=O)CC(C)C1CCCNC1. The predicted molar refractivity (Wildman–Crippen MR) is 88.2 cm³/mol. The summed E-state index contributed by atoms with van der Waals surface area (Å²) in [5.74, 6) is 2.30. The van der Waals surface area contributed by atoms with E-state index in [2.05, 4.69) is 31.0 Å². The molecule has 4 atom stereocenters. The van der Waals surface area contributed by atoms with E-state index in [1.54, 1.807) is 0 Å². The fourth-order valence-corrected chi connectivity index (χ4v) is 4.22. The molecule has 2 aliphatic rings. The van der Waals surface area contributed by atoms with Crippen molar-refractivity contribution in [1.82, 2.24) is 10.2 Å². The Hall–Kier alpha value is -0.570. The normalized spacial score (nSPS) is 32.0. The molecular weight excluding hydrogens is 260 g/mol. The molecule has 2 heterocycles. The van der Waals surface area contributed by atoms with Crippen LogP contribution in [-0.2, 0) is 4.79 Å². The van der Waals surface area contributed by atoms with Crippen LogP contribution in [0.25, 0.3) is 0 Å². The number of hydrogen-bond donors (Lipinski definition) is 1. The van der Waals surface area contributed by atoms with Crippen LogP contribution in [0.15, 0.2) is 0 Å². The molecule has 2 saturated heterocycles. The van der Waals surface area contributed by atoms with Gasteiger partial charge in [-0.15, -0.1) is 0 Å². The monoisotopic (exact) mass is 294 g/mol. The minimum atomic E-state index is 0.415. The van der Waals surface area contributed by atoms with Crippen molar-refractivity contribution in [3.8, 4) is 0 Å². The Kier molecular flexibility index (Phi) is 6.53. The number of piperidine rings is 2. The van der Waals surface area contributed by atoms with Gasteiger partial charge in [-0.25, -0.2) is 0 Å². The molecule has 21 heavy (non-hydrogen) atoms. The molecule has 0 aromatic rings. The van der Waals surface area contributed by atoms with E-state index in [4.69, 9.17) is 0 Å². The number of nitrogens with one attached hydrogen (secondary N) is 1. The first-order valence-electron chi connectivity index (χ1n) is 9.13. The summed E-state index contributed by atoms with van der Waals surface area (Å²) >= 11 is 0. The van der Waals surface area contributed by atoms with Crippen molar-refractivity contribution >= 4 is 5.91 Å². The highest BCUT2D eigenvalue weighted by Crippen LogP contribution is 2.29. The maximum absolute atomic E-state index is 12.8. The van der Waals surface area contributed by atoms with E-state index in [0.29, 0.717) is 29.7 Å². The lowest BCUT2D eigenvalue weighted by atomic mass is 9.83. The molecule has 1 N–H and O–H groups in total. The average molecular weight is 294 g/mol. The number of likely N-dealkylation sites (tertiary alicyclic amines) is 1. The Morgan fingerprint density at radius 1 is 1.33 bits per heavy atom. The molecule has 3 nitrogen and oxygen atoms in total. The second kappa shape index (κ2) is 8.17. The van der Waals surface area contributed by atoms with E-state index in [-0.39, 0.29) is 0 Å². The van der Waals surface area contributed by atoms with E-state index in [1.807, 2.05) is 0 Å². The standard InChI is InChI=1S/C18H34N2O/c1-4-7-17-14(2)8-6-11-20(17)18(21)12-15(3)16-9-5-10-19-13-16/h14-17,19H,4-13H2,1-3H3. The number of nitrogens with zero attached hydrogens (tertiary/aromatic N) is 1. The largest absolute Gasteiger partial charge is 0.339 e. The van der Waals surface area contributed by atoms with Gasteiger partial charge < -0.3 is 10.2 Å². The summed E-state index contributed by atoms with van der Waals surface area (Å²) < 4.78 is 0. The Morgan fingerprint density at radius 3 is 2.81 bits per heavy atom. The van der Waals surface area contributed by atoms with Gasteiger partial charge in [0.1, 0.15) is 0 Å². The summed E-state index contributed by atoms with van der Waals surface area (Å²) in [6.45, 7) is 10.1.